The Kier molecular flexibility index (Phi) is 5.31. The van der Waals surface area contributed by atoms with E-state index in [1.807, 2.05) is 6.07 Å². The molecule has 1 N–H and O–H groups in total. The third kappa shape index (κ3) is 3.93. The first-order valence-corrected chi connectivity index (χ1v) is 7.10. The largest absolute Gasteiger partial charge is 0.454 e. The lowest BCUT2D eigenvalue weighted by molar-refractivity contribution is -0.145. The molecule has 1 heterocycles. The van der Waals surface area contributed by atoms with E-state index in [0.717, 1.165) is 5.56 Å². The average molecular weight is 318 g/mol. The van der Waals surface area contributed by atoms with Crippen LogP contribution in [-0.2, 0) is 9.53 Å². The van der Waals surface area contributed by atoms with Crippen LogP contribution in [0.4, 0.5) is 0 Å². The number of halogens is 1. The van der Waals surface area contributed by atoms with Crippen LogP contribution < -0.4 is 0 Å². The van der Waals surface area contributed by atoms with E-state index in [0.29, 0.717) is 10.6 Å². The molecule has 0 saturated heterocycles. The summed E-state index contributed by atoms with van der Waals surface area (Å²) in [5.74, 6) is -0.663. The van der Waals surface area contributed by atoms with E-state index >= 15 is 0 Å². The van der Waals surface area contributed by atoms with Gasteiger partial charge in [-0.15, -0.1) is 0 Å². The van der Waals surface area contributed by atoms with Crippen LogP contribution in [0.15, 0.2) is 60.9 Å². The number of aromatic nitrogens is 1. The van der Waals surface area contributed by atoms with Gasteiger partial charge in [-0.1, -0.05) is 36.4 Å². The van der Waals surface area contributed by atoms with Gasteiger partial charge in [-0.3, -0.25) is 4.98 Å². The van der Waals surface area contributed by atoms with Crippen molar-refractivity contribution in [3.8, 4) is 0 Å². The van der Waals surface area contributed by atoms with Crippen LogP contribution >= 0.6 is 11.6 Å². The molecule has 0 bridgehead atoms. The summed E-state index contributed by atoms with van der Waals surface area (Å²) >= 11 is 5.91. The molecule has 1 aromatic carbocycles. The molecule has 0 aliphatic rings. The minimum atomic E-state index is -1.15. The number of aliphatic hydroxyl groups is 1. The number of carbonyl (C=O) groups excluding carboxylic acids is 1. The highest BCUT2D eigenvalue weighted by Crippen LogP contribution is 2.25. The summed E-state index contributed by atoms with van der Waals surface area (Å²) in [6.45, 7) is 5.35. The second kappa shape index (κ2) is 7.20. The lowest BCUT2D eigenvalue weighted by Gasteiger charge is -2.17. The first-order valence-electron chi connectivity index (χ1n) is 6.72. The third-order valence-electron chi connectivity index (χ3n) is 3.19. The number of aliphatic hydroxyl groups excluding tert-OH is 1. The molecule has 2 unspecified atom stereocenters. The zero-order valence-corrected chi connectivity index (χ0v) is 12.8. The lowest BCUT2D eigenvalue weighted by Crippen LogP contribution is -2.16. The normalized spacial score (nSPS) is 13.2. The number of carbonyl (C=O) groups is 1. The van der Waals surface area contributed by atoms with Gasteiger partial charge in [0.25, 0.3) is 0 Å². The summed E-state index contributed by atoms with van der Waals surface area (Å²) in [6.07, 6.45) is 1.42. The first kappa shape index (κ1) is 16.2. The molecular formula is C17H16ClNO3. The Morgan fingerprint density at radius 1 is 1.32 bits per heavy atom. The number of nitrogens with zero attached hydrogens (tertiary/aromatic N) is 1. The zero-order valence-electron chi connectivity index (χ0n) is 12.1. The predicted octanol–water partition coefficient (Wildman–Crippen LogP) is 3.63. The Labute approximate surface area is 134 Å². The van der Waals surface area contributed by atoms with Crippen molar-refractivity contribution in [3.63, 3.8) is 0 Å². The fourth-order valence-electron chi connectivity index (χ4n) is 1.91. The monoisotopic (exact) mass is 317 g/mol. The van der Waals surface area contributed by atoms with Crippen LogP contribution in [0.2, 0.25) is 5.02 Å². The van der Waals surface area contributed by atoms with Crippen molar-refractivity contribution in [3.05, 3.63) is 77.1 Å². The van der Waals surface area contributed by atoms with Gasteiger partial charge in [0.05, 0.1) is 5.57 Å². The molecule has 22 heavy (non-hydrogen) atoms. The molecule has 0 aliphatic carbocycles. The summed E-state index contributed by atoms with van der Waals surface area (Å²) in [4.78, 5) is 16.0. The topological polar surface area (TPSA) is 59.4 Å². The zero-order chi connectivity index (χ0) is 16.1. The number of hydrogen-bond acceptors (Lipinski definition) is 4. The Bertz CT molecular complexity index is 673. The Hall–Kier alpha value is -2.17. The summed E-state index contributed by atoms with van der Waals surface area (Å²) in [6, 6.07) is 10.4. The van der Waals surface area contributed by atoms with Crippen LogP contribution in [0.25, 0.3) is 0 Å². The quantitative estimate of drug-likeness (QED) is 0.676. The van der Waals surface area contributed by atoms with Crippen LogP contribution in [-0.4, -0.2) is 16.1 Å². The van der Waals surface area contributed by atoms with Gasteiger partial charge < -0.3 is 9.84 Å². The number of esters is 1. The maximum Gasteiger partial charge on any atom is 0.337 e. The smallest absolute Gasteiger partial charge is 0.337 e. The summed E-state index contributed by atoms with van der Waals surface area (Å²) in [5.41, 5.74) is 1.21. The number of rotatable bonds is 5. The Balaban J connectivity index is 2.04. The van der Waals surface area contributed by atoms with E-state index < -0.39 is 18.2 Å². The van der Waals surface area contributed by atoms with Crippen molar-refractivity contribution < 1.29 is 14.6 Å². The predicted molar refractivity (Wildman–Crippen MR) is 84.3 cm³/mol. The molecule has 0 aliphatic heterocycles. The van der Waals surface area contributed by atoms with Crippen molar-refractivity contribution in [2.75, 3.05) is 0 Å². The highest BCUT2D eigenvalue weighted by atomic mass is 35.5. The number of benzene rings is 1. The average Bonchev–Trinajstić information content (AvgIpc) is 2.54. The Morgan fingerprint density at radius 3 is 2.68 bits per heavy atom. The molecule has 4 nitrogen and oxygen atoms in total. The second-order valence-electron chi connectivity index (χ2n) is 4.82. The minimum Gasteiger partial charge on any atom is -0.454 e. The fraction of sp³-hybridized carbons (Fsp3) is 0.176. The third-order valence-corrected chi connectivity index (χ3v) is 3.43. The Morgan fingerprint density at radius 2 is 2.05 bits per heavy atom. The fourth-order valence-corrected chi connectivity index (χ4v) is 2.11. The van der Waals surface area contributed by atoms with E-state index in [4.69, 9.17) is 16.3 Å². The summed E-state index contributed by atoms with van der Waals surface area (Å²) in [5, 5.41) is 10.7. The van der Waals surface area contributed by atoms with Gasteiger partial charge in [-0.05, 0) is 30.7 Å². The molecule has 5 heteroatoms. The minimum absolute atomic E-state index is 0.0399. The lowest BCUT2D eigenvalue weighted by atomic mass is 10.0. The molecule has 0 amide bonds. The van der Waals surface area contributed by atoms with Crippen LogP contribution in [0.1, 0.15) is 30.3 Å². The molecule has 0 radical (unpaired) electrons. The molecule has 114 valence electrons. The molecule has 2 rings (SSSR count). The van der Waals surface area contributed by atoms with Gasteiger partial charge >= 0.3 is 5.97 Å². The van der Waals surface area contributed by atoms with Crippen LogP contribution in [0.3, 0.4) is 0 Å². The molecule has 1 aromatic heterocycles. The van der Waals surface area contributed by atoms with Gasteiger partial charge in [-0.2, -0.15) is 0 Å². The molecular weight excluding hydrogens is 302 g/mol. The van der Waals surface area contributed by atoms with Crippen molar-refractivity contribution in [2.45, 2.75) is 19.1 Å². The van der Waals surface area contributed by atoms with E-state index in [2.05, 4.69) is 11.6 Å². The maximum absolute atomic E-state index is 12.1. The van der Waals surface area contributed by atoms with Gasteiger partial charge in [0.15, 0.2) is 0 Å². The van der Waals surface area contributed by atoms with E-state index in [-0.39, 0.29) is 5.57 Å². The molecule has 2 aromatic rings. The van der Waals surface area contributed by atoms with Gasteiger partial charge in [-0.25, -0.2) is 4.79 Å². The van der Waals surface area contributed by atoms with Crippen molar-refractivity contribution in [1.82, 2.24) is 4.98 Å². The summed E-state index contributed by atoms with van der Waals surface area (Å²) < 4.78 is 5.32. The SMILES string of the molecule is C=C(C(=O)OC(C)c1cccc(Cl)c1)C(O)c1cccnc1. The maximum atomic E-state index is 12.1. The van der Waals surface area contributed by atoms with Gasteiger partial charge in [0.2, 0.25) is 0 Å². The molecule has 0 spiro atoms. The van der Waals surface area contributed by atoms with E-state index in [9.17, 15) is 9.90 Å². The molecule has 0 fully saturated rings. The standard InChI is InChI=1S/C17H16ClNO3/c1-11(16(20)14-6-4-8-19-10-14)17(21)22-12(2)13-5-3-7-15(18)9-13/h3-10,12,16,20H,1H2,2H3. The van der Waals surface area contributed by atoms with E-state index in [1.54, 1.807) is 43.5 Å². The van der Waals surface area contributed by atoms with Gasteiger partial charge in [0.1, 0.15) is 12.2 Å². The first-order chi connectivity index (χ1) is 10.5. The molecule has 2 atom stereocenters. The number of pyridine rings is 1. The van der Waals surface area contributed by atoms with Crippen molar-refractivity contribution in [2.24, 2.45) is 0 Å². The van der Waals surface area contributed by atoms with Gasteiger partial charge in [0, 0.05) is 23.0 Å². The van der Waals surface area contributed by atoms with Crippen molar-refractivity contribution >= 4 is 17.6 Å². The summed E-state index contributed by atoms with van der Waals surface area (Å²) in [7, 11) is 0. The highest BCUT2D eigenvalue weighted by Gasteiger charge is 2.22. The second-order valence-corrected chi connectivity index (χ2v) is 5.25. The molecule has 0 saturated carbocycles. The highest BCUT2D eigenvalue weighted by molar-refractivity contribution is 6.30. The van der Waals surface area contributed by atoms with Crippen LogP contribution in [0.5, 0.6) is 0 Å². The van der Waals surface area contributed by atoms with Crippen molar-refractivity contribution in [1.29, 1.82) is 0 Å². The van der Waals surface area contributed by atoms with Crippen LogP contribution in [0, 0.1) is 0 Å². The number of ether oxygens (including phenoxy) is 1. The van der Waals surface area contributed by atoms with E-state index in [1.165, 1.54) is 6.20 Å². The number of hydrogen-bond donors (Lipinski definition) is 1.